The van der Waals surface area contributed by atoms with Crippen LogP contribution in [0.4, 0.5) is 0 Å². The highest BCUT2D eigenvalue weighted by atomic mass is 32.2. The van der Waals surface area contributed by atoms with Crippen LogP contribution in [0.5, 0.6) is 0 Å². The van der Waals surface area contributed by atoms with Crippen LogP contribution in [0.2, 0.25) is 0 Å². The minimum absolute atomic E-state index is 0.0122. The molecule has 2 heterocycles. The van der Waals surface area contributed by atoms with Crippen LogP contribution < -0.4 is 0 Å². The van der Waals surface area contributed by atoms with Gasteiger partial charge in [0.25, 0.3) is 10.0 Å². The molecule has 19 heavy (non-hydrogen) atoms. The molecule has 1 fully saturated rings. The summed E-state index contributed by atoms with van der Waals surface area (Å²) in [6, 6.07) is -1.20. The molecule has 1 N–H and O–H groups in total. The van der Waals surface area contributed by atoms with Crippen molar-refractivity contribution in [1.29, 1.82) is 0 Å². The molecule has 8 nitrogen and oxygen atoms in total. The molecular formula is C10H15N3O5S. The first-order valence-electron chi connectivity index (χ1n) is 5.81. The number of sulfonamides is 1. The summed E-state index contributed by atoms with van der Waals surface area (Å²) in [6.45, 7) is 2.49. The monoisotopic (exact) mass is 289 g/mol. The van der Waals surface area contributed by atoms with E-state index in [2.05, 4.69) is 4.98 Å². The molecular weight excluding hydrogens is 274 g/mol. The highest BCUT2D eigenvalue weighted by Crippen LogP contribution is 2.19. The van der Waals surface area contributed by atoms with E-state index in [-0.39, 0.29) is 24.8 Å². The van der Waals surface area contributed by atoms with Crippen molar-refractivity contribution in [2.75, 3.05) is 19.8 Å². The first-order valence-corrected chi connectivity index (χ1v) is 7.25. The molecule has 0 bridgehead atoms. The summed E-state index contributed by atoms with van der Waals surface area (Å²) in [5, 5.41) is 8.92. The third-order valence-corrected chi connectivity index (χ3v) is 4.71. The van der Waals surface area contributed by atoms with Crippen LogP contribution in [-0.2, 0) is 26.1 Å². The number of imidazole rings is 1. The van der Waals surface area contributed by atoms with Gasteiger partial charge in [-0.15, -0.1) is 0 Å². The fourth-order valence-corrected chi connectivity index (χ4v) is 3.33. The number of aromatic nitrogens is 2. The molecule has 0 amide bonds. The van der Waals surface area contributed by atoms with Crippen LogP contribution in [0.1, 0.15) is 6.92 Å². The molecule has 9 heteroatoms. The van der Waals surface area contributed by atoms with Crippen LogP contribution in [-0.4, -0.2) is 59.2 Å². The second-order valence-electron chi connectivity index (χ2n) is 4.09. The number of carboxylic acids is 1. The number of morpholine rings is 1. The number of carbonyl (C=O) groups is 1. The topological polar surface area (TPSA) is 102 Å². The quantitative estimate of drug-likeness (QED) is 0.792. The van der Waals surface area contributed by atoms with Gasteiger partial charge in [-0.2, -0.15) is 4.31 Å². The molecule has 2 rings (SSSR count). The average Bonchev–Trinajstić information content (AvgIpc) is 2.88. The zero-order chi connectivity index (χ0) is 14.0. The van der Waals surface area contributed by atoms with Crippen LogP contribution in [0, 0.1) is 0 Å². The number of carboxylic acid groups (broad SMARTS) is 1. The van der Waals surface area contributed by atoms with E-state index in [4.69, 9.17) is 9.84 Å². The molecule has 1 aromatic rings. The first kappa shape index (κ1) is 14.0. The largest absolute Gasteiger partial charge is 0.480 e. The Morgan fingerprint density at radius 2 is 2.37 bits per heavy atom. The smallest absolute Gasteiger partial charge is 0.324 e. The molecule has 1 saturated heterocycles. The highest BCUT2D eigenvalue weighted by molar-refractivity contribution is 7.89. The third-order valence-electron chi connectivity index (χ3n) is 2.91. The lowest BCUT2D eigenvalue weighted by molar-refractivity contribution is -0.146. The maximum Gasteiger partial charge on any atom is 0.324 e. The lowest BCUT2D eigenvalue weighted by Crippen LogP contribution is -2.52. The molecule has 1 atom stereocenters. The Morgan fingerprint density at radius 1 is 1.63 bits per heavy atom. The molecule has 1 aromatic heterocycles. The fourth-order valence-electron chi connectivity index (χ4n) is 1.84. The zero-order valence-electron chi connectivity index (χ0n) is 10.4. The second kappa shape index (κ2) is 5.27. The molecule has 1 aliphatic heterocycles. The van der Waals surface area contributed by atoms with Crippen LogP contribution in [0.25, 0.3) is 0 Å². The number of ether oxygens (including phenoxy) is 1. The number of hydrogen-bond donors (Lipinski definition) is 1. The summed E-state index contributed by atoms with van der Waals surface area (Å²) in [5.41, 5.74) is 0. The van der Waals surface area contributed by atoms with E-state index in [1.807, 2.05) is 6.92 Å². The number of nitrogens with zero attached hydrogens (tertiary/aromatic N) is 3. The van der Waals surface area contributed by atoms with E-state index >= 15 is 0 Å². The van der Waals surface area contributed by atoms with E-state index in [1.165, 1.54) is 12.5 Å². The maximum absolute atomic E-state index is 12.4. The summed E-state index contributed by atoms with van der Waals surface area (Å²) in [6.07, 6.45) is 2.80. The molecule has 0 aromatic carbocycles. The molecule has 0 aliphatic carbocycles. The SMILES string of the molecule is CCn1cnc(S(=O)(=O)N2CCOCC2C(=O)O)c1. The Kier molecular flexibility index (Phi) is 3.88. The predicted octanol–water partition coefficient (Wildman–Crippen LogP) is -0.623. The fraction of sp³-hybridized carbons (Fsp3) is 0.600. The minimum atomic E-state index is -3.90. The number of aliphatic carboxylic acids is 1. The van der Waals surface area contributed by atoms with Gasteiger partial charge in [0.2, 0.25) is 0 Å². The summed E-state index contributed by atoms with van der Waals surface area (Å²) in [5.74, 6) is -1.22. The Hall–Kier alpha value is -1.45. The Labute approximate surface area is 110 Å². The van der Waals surface area contributed by atoms with Crippen LogP contribution in [0.15, 0.2) is 17.6 Å². The van der Waals surface area contributed by atoms with Gasteiger partial charge in [0.1, 0.15) is 6.04 Å². The highest BCUT2D eigenvalue weighted by Gasteiger charge is 2.39. The number of hydrogen-bond acceptors (Lipinski definition) is 5. The van der Waals surface area contributed by atoms with Crippen molar-refractivity contribution in [2.24, 2.45) is 0 Å². The lowest BCUT2D eigenvalue weighted by atomic mass is 10.3. The van der Waals surface area contributed by atoms with Crippen molar-refractivity contribution >= 4 is 16.0 Å². The summed E-state index contributed by atoms with van der Waals surface area (Å²) in [4.78, 5) is 14.9. The number of rotatable bonds is 4. The van der Waals surface area contributed by atoms with Gasteiger partial charge in [-0.25, -0.2) is 13.4 Å². The van der Waals surface area contributed by atoms with Gasteiger partial charge >= 0.3 is 5.97 Å². The maximum atomic E-state index is 12.4. The van der Waals surface area contributed by atoms with Gasteiger partial charge in [0.15, 0.2) is 5.03 Å². The van der Waals surface area contributed by atoms with Gasteiger partial charge < -0.3 is 14.4 Å². The Bertz CT molecular complexity index is 567. The van der Waals surface area contributed by atoms with Gasteiger partial charge in [-0.05, 0) is 6.92 Å². The molecule has 106 valence electrons. The molecule has 0 radical (unpaired) electrons. The van der Waals surface area contributed by atoms with Gasteiger partial charge in [0, 0.05) is 19.3 Å². The van der Waals surface area contributed by atoms with E-state index < -0.39 is 22.0 Å². The van der Waals surface area contributed by atoms with E-state index in [9.17, 15) is 13.2 Å². The van der Waals surface area contributed by atoms with E-state index in [0.717, 1.165) is 4.31 Å². The number of aryl methyl sites for hydroxylation is 1. The van der Waals surface area contributed by atoms with Crippen molar-refractivity contribution in [2.45, 2.75) is 24.5 Å². The summed E-state index contributed by atoms with van der Waals surface area (Å²) < 4.78 is 32.3. The summed E-state index contributed by atoms with van der Waals surface area (Å²) in [7, 11) is -3.90. The van der Waals surface area contributed by atoms with Crippen molar-refractivity contribution in [3.05, 3.63) is 12.5 Å². The predicted molar refractivity (Wildman–Crippen MR) is 64.0 cm³/mol. The molecule has 1 unspecified atom stereocenters. The normalized spacial score (nSPS) is 21.4. The minimum Gasteiger partial charge on any atom is -0.480 e. The second-order valence-corrected chi connectivity index (χ2v) is 5.92. The lowest BCUT2D eigenvalue weighted by Gasteiger charge is -2.31. The van der Waals surface area contributed by atoms with Crippen molar-refractivity contribution in [1.82, 2.24) is 13.9 Å². The average molecular weight is 289 g/mol. The van der Waals surface area contributed by atoms with E-state index in [1.54, 1.807) is 4.57 Å². The molecule has 1 aliphatic rings. The van der Waals surface area contributed by atoms with Crippen molar-refractivity contribution < 1.29 is 23.1 Å². The zero-order valence-corrected chi connectivity index (χ0v) is 11.2. The van der Waals surface area contributed by atoms with Gasteiger partial charge in [0.05, 0.1) is 19.5 Å². The van der Waals surface area contributed by atoms with Gasteiger partial charge in [-0.3, -0.25) is 4.79 Å². The molecule has 0 saturated carbocycles. The van der Waals surface area contributed by atoms with Crippen molar-refractivity contribution in [3.8, 4) is 0 Å². The summed E-state index contributed by atoms with van der Waals surface area (Å²) >= 11 is 0. The standard InChI is InChI=1S/C10H15N3O5S/c1-2-12-5-9(11-7-12)19(16,17)13-3-4-18-6-8(13)10(14)15/h5,7-8H,2-4,6H2,1H3,(H,14,15). The first-order chi connectivity index (χ1) is 8.96. The Balaban J connectivity index is 2.34. The van der Waals surface area contributed by atoms with Gasteiger partial charge in [-0.1, -0.05) is 0 Å². The van der Waals surface area contributed by atoms with E-state index in [0.29, 0.717) is 6.54 Å². The third kappa shape index (κ3) is 2.62. The Morgan fingerprint density at radius 3 is 2.95 bits per heavy atom. The van der Waals surface area contributed by atoms with Crippen molar-refractivity contribution in [3.63, 3.8) is 0 Å². The van der Waals surface area contributed by atoms with Crippen LogP contribution >= 0.6 is 0 Å². The van der Waals surface area contributed by atoms with Crippen LogP contribution in [0.3, 0.4) is 0 Å². The molecule has 0 spiro atoms.